The Bertz CT molecular complexity index is 438. The first-order chi connectivity index (χ1) is 9.95. The number of likely N-dealkylation sites (tertiary alicyclic amines) is 1. The first kappa shape index (κ1) is 17.4. The van der Waals surface area contributed by atoms with Crippen LogP contribution in [0.25, 0.3) is 0 Å². The van der Waals surface area contributed by atoms with Gasteiger partial charge in [0.1, 0.15) is 0 Å². The lowest BCUT2D eigenvalue weighted by Crippen LogP contribution is -2.58. The predicted octanol–water partition coefficient (Wildman–Crippen LogP) is 3.39. The van der Waals surface area contributed by atoms with E-state index < -0.39 is 0 Å². The summed E-state index contributed by atoms with van der Waals surface area (Å²) in [7, 11) is 2.23. The average molecular weight is 374 g/mol. The third-order valence-corrected chi connectivity index (χ3v) is 6.30. The molecule has 0 amide bonds. The maximum atomic E-state index is 6.18. The Labute approximate surface area is 141 Å². The molecule has 0 bridgehead atoms. The van der Waals surface area contributed by atoms with Crippen LogP contribution >= 0.6 is 27.3 Å². The van der Waals surface area contributed by atoms with Crippen LogP contribution in [-0.2, 0) is 6.54 Å². The molecule has 0 spiro atoms. The Balaban J connectivity index is 1.95. The molecule has 2 N–H and O–H groups in total. The highest BCUT2D eigenvalue weighted by atomic mass is 79.9. The molecule has 0 unspecified atom stereocenters. The van der Waals surface area contributed by atoms with Crippen molar-refractivity contribution < 1.29 is 0 Å². The Morgan fingerprint density at radius 2 is 2.10 bits per heavy atom. The Kier molecular flexibility index (Phi) is 6.26. The van der Waals surface area contributed by atoms with E-state index in [1.165, 1.54) is 41.8 Å². The average Bonchev–Trinajstić information content (AvgIpc) is 2.84. The van der Waals surface area contributed by atoms with E-state index >= 15 is 0 Å². The molecule has 0 radical (unpaired) electrons. The fourth-order valence-electron chi connectivity index (χ4n) is 3.25. The van der Waals surface area contributed by atoms with Crippen molar-refractivity contribution in [1.29, 1.82) is 0 Å². The predicted molar refractivity (Wildman–Crippen MR) is 95.8 cm³/mol. The third-order valence-electron chi connectivity index (χ3n) is 4.61. The first-order valence-corrected chi connectivity index (χ1v) is 9.49. The van der Waals surface area contributed by atoms with Gasteiger partial charge >= 0.3 is 0 Å². The molecule has 3 nitrogen and oxygen atoms in total. The second-order valence-corrected chi connectivity index (χ2v) is 8.62. The summed E-state index contributed by atoms with van der Waals surface area (Å²) in [4.78, 5) is 6.48. The van der Waals surface area contributed by atoms with Gasteiger partial charge in [-0.2, -0.15) is 0 Å². The highest BCUT2D eigenvalue weighted by Gasteiger charge is 2.37. The minimum absolute atomic E-state index is 0.171. The second kappa shape index (κ2) is 7.55. The minimum Gasteiger partial charge on any atom is -0.329 e. The molecule has 1 aromatic rings. The molecule has 21 heavy (non-hydrogen) atoms. The third kappa shape index (κ3) is 4.52. The molecular weight excluding hydrogens is 346 g/mol. The molecule has 1 aromatic heterocycles. The van der Waals surface area contributed by atoms with E-state index in [9.17, 15) is 0 Å². The van der Waals surface area contributed by atoms with Gasteiger partial charge in [-0.3, -0.25) is 4.90 Å². The van der Waals surface area contributed by atoms with Crippen LogP contribution in [0.5, 0.6) is 0 Å². The van der Waals surface area contributed by atoms with Crippen molar-refractivity contribution in [1.82, 2.24) is 9.80 Å². The van der Waals surface area contributed by atoms with E-state index in [4.69, 9.17) is 5.73 Å². The number of hydrogen-bond acceptors (Lipinski definition) is 4. The molecule has 2 rings (SSSR count). The zero-order valence-electron chi connectivity index (χ0n) is 13.4. The highest BCUT2D eigenvalue weighted by Crippen LogP contribution is 2.30. The standard InChI is InChI=1S/C16H28BrN3S/c1-13(2)9-20-6-4-16(12-18,5-7-20)19(3)10-15-8-14(17)11-21-15/h8,11,13H,4-7,9-10,12,18H2,1-3H3. The van der Waals surface area contributed by atoms with Crippen LogP contribution in [0.15, 0.2) is 15.9 Å². The van der Waals surface area contributed by atoms with Gasteiger partial charge in [-0.15, -0.1) is 11.3 Å². The summed E-state index contributed by atoms with van der Waals surface area (Å²) in [5.74, 6) is 0.747. The molecule has 1 aliphatic rings. The number of nitrogens with two attached hydrogens (primary N) is 1. The number of hydrogen-bond donors (Lipinski definition) is 1. The van der Waals surface area contributed by atoms with E-state index in [0.717, 1.165) is 19.0 Å². The Morgan fingerprint density at radius 1 is 1.43 bits per heavy atom. The van der Waals surface area contributed by atoms with Crippen molar-refractivity contribution in [2.45, 2.75) is 38.8 Å². The highest BCUT2D eigenvalue weighted by molar-refractivity contribution is 9.10. The summed E-state index contributed by atoms with van der Waals surface area (Å²) in [6.07, 6.45) is 2.36. The van der Waals surface area contributed by atoms with E-state index in [1.807, 2.05) is 11.3 Å². The summed E-state index contributed by atoms with van der Waals surface area (Å²) >= 11 is 5.36. The summed E-state index contributed by atoms with van der Waals surface area (Å²) in [5, 5.41) is 2.16. The molecule has 0 aromatic carbocycles. The van der Waals surface area contributed by atoms with Crippen LogP contribution < -0.4 is 5.73 Å². The second-order valence-electron chi connectivity index (χ2n) is 6.71. The lowest BCUT2D eigenvalue weighted by molar-refractivity contribution is 0.0370. The number of halogens is 1. The van der Waals surface area contributed by atoms with Crippen molar-refractivity contribution >= 4 is 27.3 Å². The first-order valence-electron chi connectivity index (χ1n) is 7.82. The van der Waals surface area contributed by atoms with Gasteiger partial charge in [-0.1, -0.05) is 13.8 Å². The Hall–Kier alpha value is 0.0600. The van der Waals surface area contributed by atoms with Gasteiger partial charge < -0.3 is 10.6 Å². The smallest absolute Gasteiger partial charge is 0.0356 e. The normalized spacial score (nSPS) is 19.6. The van der Waals surface area contributed by atoms with Crippen LogP contribution in [0.4, 0.5) is 0 Å². The molecule has 1 aliphatic heterocycles. The lowest BCUT2D eigenvalue weighted by atomic mass is 9.85. The van der Waals surface area contributed by atoms with Gasteiger partial charge in [0.15, 0.2) is 0 Å². The van der Waals surface area contributed by atoms with Crippen LogP contribution in [0, 0.1) is 5.92 Å². The van der Waals surface area contributed by atoms with Crippen LogP contribution in [0.3, 0.4) is 0 Å². The van der Waals surface area contributed by atoms with Crippen molar-refractivity contribution in [2.75, 3.05) is 33.2 Å². The molecule has 0 saturated carbocycles. The number of likely N-dealkylation sites (N-methyl/N-ethyl adjacent to an activating group) is 1. The van der Waals surface area contributed by atoms with Gasteiger partial charge in [0.2, 0.25) is 0 Å². The maximum absolute atomic E-state index is 6.18. The Morgan fingerprint density at radius 3 is 2.57 bits per heavy atom. The lowest BCUT2D eigenvalue weighted by Gasteiger charge is -2.47. The maximum Gasteiger partial charge on any atom is 0.0356 e. The molecule has 5 heteroatoms. The fraction of sp³-hybridized carbons (Fsp3) is 0.750. The van der Waals surface area contributed by atoms with Gasteiger partial charge in [0.25, 0.3) is 0 Å². The number of thiophene rings is 1. The van der Waals surface area contributed by atoms with Crippen LogP contribution in [-0.4, -0.2) is 48.6 Å². The van der Waals surface area contributed by atoms with Crippen molar-refractivity contribution in [2.24, 2.45) is 11.7 Å². The van der Waals surface area contributed by atoms with E-state index in [0.29, 0.717) is 0 Å². The van der Waals surface area contributed by atoms with Gasteiger partial charge in [-0.25, -0.2) is 0 Å². The summed E-state index contributed by atoms with van der Waals surface area (Å²) < 4.78 is 1.18. The summed E-state index contributed by atoms with van der Waals surface area (Å²) in [6.45, 7) is 9.91. The number of nitrogens with zero attached hydrogens (tertiary/aromatic N) is 2. The van der Waals surface area contributed by atoms with Crippen molar-refractivity contribution in [3.05, 3.63) is 20.8 Å². The molecule has 0 atom stereocenters. The summed E-state index contributed by atoms with van der Waals surface area (Å²) in [5.41, 5.74) is 6.35. The van der Waals surface area contributed by atoms with Crippen LogP contribution in [0.1, 0.15) is 31.6 Å². The monoisotopic (exact) mass is 373 g/mol. The van der Waals surface area contributed by atoms with Gasteiger partial charge in [0, 0.05) is 39.9 Å². The molecule has 2 heterocycles. The molecular formula is C16H28BrN3S. The zero-order valence-corrected chi connectivity index (χ0v) is 15.8. The topological polar surface area (TPSA) is 32.5 Å². The van der Waals surface area contributed by atoms with E-state index in [2.05, 4.69) is 58.1 Å². The molecule has 1 fully saturated rings. The van der Waals surface area contributed by atoms with Crippen LogP contribution in [0.2, 0.25) is 0 Å². The largest absolute Gasteiger partial charge is 0.329 e. The molecule has 0 aliphatic carbocycles. The number of piperidine rings is 1. The number of rotatable bonds is 6. The minimum atomic E-state index is 0.171. The van der Waals surface area contributed by atoms with Gasteiger partial charge in [0.05, 0.1) is 0 Å². The van der Waals surface area contributed by atoms with Gasteiger partial charge in [-0.05, 0) is 60.9 Å². The van der Waals surface area contributed by atoms with E-state index in [1.54, 1.807) is 0 Å². The molecule has 1 saturated heterocycles. The fourth-order valence-corrected chi connectivity index (χ4v) is 4.75. The quantitative estimate of drug-likeness (QED) is 0.829. The van der Waals surface area contributed by atoms with Crippen molar-refractivity contribution in [3.8, 4) is 0 Å². The molecule has 120 valence electrons. The zero-order chi connectivity index (χ0) is 15.5. The van der Waals surface area contributed by atoms with E-state index in [-0.39, 0.29) is 5.54 Å². The van der Waals surface area contributed by atoms with Crippen molar-refractivity contribution in [3.63, 3.8) is 0 Å². The SMILES string of the molecule is CC(C)CN1CCC(CN)(N(C)Cc2cc(Br)cs2)CC1. The summed E-state index contributed by atoms with van der Waals surface area (Å²) in [6, 6.07) is 2.22.